The summed E-state index contributed by atoms with van der Waals surface area (Å²) < 4.78 is 5.00. The molecule has 0 saturated carbocycles. The fraction of sp³-hybridized carbons (Fsp3) is 0. The standard InChI is InChI=1S/C27H19BN3O2/c32-28-33-23-14-12-19(13-15-23)21-9-6-10-22(17-21)27-30-25(20-7-2-1-3-8-20)18-26(31-27)24-11-4-5-16-29-24/h1-18,32H. The number of hydrogen-bond acceptors (Lipinski definition) is 5. The van der Waals surface area contributed by atoms with Gasteiger partial charge in [0.2, 0.25) is 0 Å². The SMILES string of the molecule is O[B]Oc1ccc(-c2cccc(-c3nc(-c4ccccc4)cc(-c4ccccn4)n3)c2)cc1. The molecule has 0 unspecified atom stereocenters. The number of nitrogens with zero attached hydrogens (tertiary/aromatic N) is 3. The van der Waals surface area contributed by atoms with Crippen LogP contribution in [0.1, 0.15) is 0 Å². The summed E-state index contributed by atoms with van der Waals surface area (Å²) in [7, 11) is 0.672. The van der Waals surface area contributed by atoms with Crippen LogP contribution in [0.3, 0.4) is 0 Å². The van der Waals surface area contributed by atoms with Crippen LogP contribution in [-0.4, -0.2) is 27.7 Å². The van der Waals surface area contributed by atoms with Crippen LogP contribution >= 0.6 is 0 Å². The van der Waals surface area contributed by atoms with Gasteiger partial charge < -0.3 is 9.68 Å². The molecule has 5 rings (SSSR count). The van der Waals surface area contributed by atoms with Crippen molar-refractivity contribution in [3.63, 3.8) is 0 Å². The summed E-state index contributed by atoms with van der Waals surface area (Å²) in [6.07, 6.45) is 1.77. The van der Waals surface area contributed by atoms with Gasteiger partial charge in [-0.25, -0.2) is 9.97 Å². The van der Waals surface area contributed by atoms with E-state index in [0.717, 1.165) is 39.3 Å². The van der Waals surface area contributed by atoms with Crippen molar-refractivity contribution < 1.29 is 9.68 Å². The van der Waals surface area contributed by atoms with E-state index in [1.54, 1.807) is 18.3 Å². The Labute approximate surface area is 192 Å². The van der Waals surface area contributed by atoms with Crippen LogP contribution in [-0.2, 0) is 0 Å². The molecule has 0 atom stereocenters. The molecule has 0 aliphatic heterocycles. The van der Waals surface area contributed by atoms with Crippen LogP contribution in [0.5, 0.6) is 5.75 Å². The van der Waals surface area contributed by atoms with Gasteiger partial charge in [0.25, 0.3) is 0 Å². The summed E-state index contributed by atoms with van der Waals surface area (Å²) in [5.41, 5.74) is 6.38. The number of pyridine rings is 1. The van der Waals surface area contributed by atoms with Crippen molar-refractivity contribution >= 4 is 7.69 Å². The van der Waals surface area contributed by atoms with Crippen LogP contribution in [0.15, 0.2) is 109 Å². The molecule has 0 aliphatic rings. The number of hydrogen-bond donors (Lipinski definition) is 1. The molecule has 0 aliphatic carbocycles. The molecular weight excluding hydrogens is 409 g/mol. The molecule has 6 heteroatoms. The normalized spacial score (nSPS) is 10.6. The number of rotatable bonds is 6. The van der Waals surface area contributed by atoms with E-state index in [2.05, 4.69) is 11.1 Å². The first-order valence-corrected chi connectivity index (χ1v) is 10.5. The van der Waals surface area contributed by atoms with Gasteiger partial charge in [0.15, 0.2) is 5.82 Å². The van der Waals surface area contributed by atoms with E-state index in [-0.39, 0.29) is 0 Å². The minimum absolute atomic E-state index is 0.566. The second-order valence-electron chi connectivity index (χ2n) is 7.37. The lowest BCUT2D eigenvalue weighted by molar-refractivity contribution is 0.454. The largest absolute Gasteiger partial charge is 0.569 e. The van der Waals surface area contributed by atoms with Gasteiger partial charge in [-0.2, -0.15) is 0 Å². The first kappa shape index (κ1) is 20.6. The molecule has 0 saturated heterocycles. The summed E-state index contributed by atoms with van der Waals surface area (Å²) in [4.78, 5) is 14.2. The quantitative estimate of drug-likeness (QED) is 0.365. The fourth-order valence-electron chi connectivity index (χ4n) is 3.60. The zero-order valence-corrected chi connectivity index (χ0v) is 17.7. The lowest BCUT2D eigenvalue weighted by Gasteiger charge is -2.10. The summed E-state index contributed by atoms with van der Waals surface area (Å²) in [5, 5.41) is 8.81. The third-order valence-electron chi connectivity index (χ3n) is 5.22. The van der Waals surface area contributed by atoms with Crippen LogP contribution in [0.4, 0.5) is 0 Å². The molecule has 1 N–H and O–H groups in total. The van der Waals surface area contributed by atoms with Crippen molar-refractivity contribution in [2.75, 3.05) is 0 Å². The van der Waals surface area contributed by atoms with E-state index >= 15 is 0 Å². The molecule has 5 nitrogen and oxygen atoms in total. The lowest BCUT2D eigenvalue weighted by Crippen LogP contribution is -1.99. The highest BCUT2D eigenvalue weighted by Gasteiger charge is 2.12. The Morgan fingerprint density at radius 3 is 2.06 bits per heavy atom. The summed E-state index contributed by atoms with van der Waals surface area (Å²) in [6, 6.07) is 33.4. The fourth-order valence-corrected chi connectivity index (χ4v) is 3.60. The van der Waals surface area contributed by atoms with Gasteiger partial charge in [-0.1, -0.05) is 66.7 Å². The molecule has 3 aromatic carbocycles. The molecule has 0 fully saturated rings. The first-order valence-electron chi connectivity index (χ1n) is 10.5. The van der Waals surface area contributed by atoms with E-state index in [1.165, 1.54) is 0 Å². The molecule has 33 heavy (non-hydrogen) atoms. The van der Waals surface area contributed by atoms with Gasteiger partial charge in [-0.3, -0.25) is 4.98 Å². The Morgan fingerprint density at radius 1 is 0.576 bits per heavy atom. The first-order chi connectivity index (χ1) is 16.3. The van der Waals surface area contributed by atoms with E-state index in [0.29, 0.717) is 19.3 Å². The number of benzene rings is 3. The molecule has 2 heterocycles. The van der Waals surface area contributed by atoms with Gasteiger partial charge in [-0.05, 0) is 47.5 Å². The Balaban J connectivity index is 1.59. The van der Waals surface area contributed by atoms with Crippen molar-refractivity contribution in [1.82, 2.24) is 15.0 Å². The molecule has 0 amide bonds. The average molecular weight is 428 g/mol. The Hall–Kier alpha value is -4.29. The monoisotopic (exact) mass is 428 g/mol. The molecular formula is C27H19BN3O2. The Bertz CT molecular complexity index is 1300. The van der Waals surface area contributed by atoms with E-state index in [9.17, 15) is 0 Å². The lowest BCUT2D eigenvalue weighted by atomic mass is 10.0. The zero-order valence-electron chi connectivity index (χ0n) is 17.7. The van der Waals surface area contributed by atoms with Gasteiger partial charge in [0.05, 0.1) is 17.1 Å². The van der Waals surface area contributed by atoms with Crippen molar-refractivity contribution in [3.8, 4) is 50.9 Å². The molecule has 5 aromatic rings. The highest BCUT2D eigenvalue weighted by atomic mass is 16.5. The number of aromatic nitrogens is 3. The minimum Gasteiger partial charge on any atom is -0.537 e. The Kier molecular flexibility index (Phi) is 5.91. The highest BCUT2D eigenvalue weighted by Crippen LogP contribution is 2.29. The van der Waals surface area contributed by atoms with Crippen molar-refractivity contribution in [1.29, 1.82) is 0 Å². The van der Waals surface area contributed by atoms with Gasteiger partial charge in [0.1, 0.15) is 5.75 Å². The molecule has 2 aromatic heterocycles. The minimum atomic E-state index is 0.566. The van der Waals surface area contributed by atoms with Crippen LogP contribution < -0.4 is 4.65 Å². The van der Waals surface area contributed by atoms with Gasteiger partial charge in [0, 0.05) is 17.3 Å². The third kappa shape index (κ3) is 4.66. The summed E-state index contributed by atoms with van der Waals surface area (Å²) in [5.74, 6) is 1.20. The van der Waals surface area contributed by atoms with Crippen molar-refractivity contribution in [2.45, 2.75) is 0 Å². The van der Waals surface area contributed by atoms with E-state index in [1.807, 2.05) is 84.9 Å². The smallest absolute Gasteiger partial charge is 0.537 e. The van der Waals surface area contributed by atoms with Crippen LogP contribution in [0.2, 0.25) is 0 Å². The van der Waals surface area contributed by atoms with Crippen molar-refractivity contribution in [2.24, 2.45) is 0 Å². The third-order valence-corrected chi connectivity index (χ3v) is 5.22. The summed E-state index contributed by atoms with van der Waals surface area (Å²) >= 11 is 0. The second-order valence-corrected chi connectivity index (χ2v) is 7.37. The van der Waals surface area contributed by atoms with E-state index < -0.39 is 0 Å². The molecule has 157 valence electrons. The Morgan fingerprint density at radius 2 is 1.30 bits per heavy atom. The van der Waals surface area contributed by atoms with Crippen LogP contribution in [0, 0.1) is 0 Å². The van der Waals surface area contributed by atoms with Crippen molar-refractivity contribution in [3.05, 3.63) is 109 Å². The maximum atomic E-state index is 8.81. The zero-order chi connectivity index (χ0) is 22.5. The van der Waals surface area contributed by atoms with E-state index in [4.69, 9.17) is 19.6 Å². The maximum Gasteiger partial charge on any atom is 0.569 e. The predicted octanol–water partition coefficient (Wildman–Crippen LogP) is 5.44. The average Bonchev–Trinajstić information content (AvgIpc) is 2.90. The predicted molar refractivity (Wildman–Crippen MR) is 130 cm³/mol. The van der Waals surface area contributed by atoms with Crippen LogP contribution in [0.25, 0.3) is 45.2 Å². The van der Waals surface area contributed by atoms with Gasteiger partial charge in [-0.15, -0.1) is 0 Å². The second kappa shape index (κ2) is 9.46. The maximum absolute atomic E-state index is 8.81. The summed E-state index contributed by atoms with van der Waals surface area (Å²) in [6.45, 7) is 0. The highest BCUT2D eigenvalue weighted by molar-refractivity contribution is 6.17. The molecule has 1 radical (unpaired) electrons. The van der Waals surface area contributed by atoms with Gasteiger partial charge >= 0.3 is 7.69 Å². The molecule has 0 bridgehead atoms. The molecule has 0 spiro atoms. The topological polar surface area (TPSA) is 68.1 Å².